The molecule has 0 aliphatic heterocycles. The van der Waals surface area contributed by atoms with Crippen molar-refractivity contribution in [3.63, 3.8) is 0 Å². The molecule has 18 heavy (non-hydrogen) atoms. The Hall–Kier alpha value is -1.02. The van der Waals surface area contributed by atoms with Crippen LogP contribution in [0.1, 0.15) is 48.3 Å². The van der Waals surface area contributed by atoms with Crippen LogP contribution in [0.5, 0.6) is 5.75 Å². The minimum absolute atomic E-state index is 0.583. The maximum Gasteiger partial charge on any atom is 0.122 e. The number of aryl methyl sites for hydroxylation is 2. The highest BCUT2D eigenvalue weighted by Crippen LogP contribution is 2.42. The molecule has 1 fully saturated rings. The van der Waals surface area contributed by atoms with Crippen molar-refractivity contribution >= 4 is 0 Å². The molecule has 0 radical (unpaired) electrons. The molecule has 1 aliphatic rings. The number of methoxy groups -OCH3 is 1. The van der Waals surface area contributed by atoms with Gasteiger partial charge < -0.3 is 10.5 Å². The summed E-state index contributed by atoms with van der Waals surface area (Å²) < 4.78 is 5.61. The first-order chi connectivity index (χ1) is 8.67. The minimum atomic E-state index is 0.583. The van der Waals surface area contributed by atoms with Gasteiger partial charge in [-0.2, -0.15) is 0 Å². The molecule has 0 heterocycles. The van der Waals surface area contributed by atoms with Crippen LogP contribution in [-0.2, 0) is 0 Å². The van der Waals surface area contributed by atoms with E-state index >= 15 is 0 Å². The summed E-state index contributed by atoms with van der Waals surface area (Å²) in [5.74, 6) is 2.26. The quantitative estimate of drug-likeness (QED) is 0.886. The zero-order chi connectivity index (χ0) is 13.1. The van der Waals surface area contributed by atoms with Crippen LogP contribution >= 0.6 is 0 Å². The van der Waals surface area contributed by atoms with Gasteiger partial charge >= 0.3 is 0 Å². The van der Waals surface area contributed by atoms with E-state index in [0.717, 1.165) is 12.3 Å². The summed E-state index contributed by atoms with van der Waals surface area (Å²) in [6.07, 6.45) is 5.16. The van der Waals surface area contributed by atoms with Crippen LogP contribution in [0, 0.1) is 19.8 Å². The van der Waals surface area contributed by atoms with Gasteiger partial charge in [-0.05, 0) is 62.3 Å². The molecule has 0 saturated heterocycles. The van der Waals surface area contributed by atoms with Crippen molar-refractivity contribution in [3.05, 3.63) is 28.8 Å². The summed E-state index contributed by atoms with van der Waals surface area (Å²) in [5.41, 5.74) is 9.99. The van der Waals surface area contributed by atoms with Gasteiger partial charge in [0.15, 0.2) is 0 Å². The highest BCUT2D eigenvalue weighted by Gasteiger charge is 2.28. The van der Waals surface area contributed by atoms with Gasteiger partial charge in [0, 0.05) is 5.56 Å². The average molecular weight is 247 g/mol. The van der Waals surface area contributed by atoms with E-state index in [4.69, 9.17) is 10.5 Å². The lowest BCUT2D eigenvalue weighted by molar-refractivity contribution is 0.303. The molecule has 0 bridgehead atoms. The molecule has 1 aliphatic carbocycles. The Balaban J connectivity index is 2.41. The molecular weight excluding hydrogens is 222 g/mol. The first kappa shape index (κ1) is 13.4. The highest BCUT2D eigenvalue weighted by molar-refractivity contribution is 5.45. The summed E-state index contributed by atoms with van der Waals surface area (Å²) in [5, 5.41) is 0. The Morgan fingerprint density at radius 1 is 1.22 bits per heavy atom. The Kier molecular flexibility index (Phi) is 4.28. The van der Waals surface area contributed by atoms with Crippen LogP contribution in [-0.4, -0.2) is 13.7 Å². The number of hydrogen-bond acceptors (Lipinski definition) is 2. The Morgan fingerprint density at radius 2 is 1.94 bits per heavy atom. The average Bonchev–Trinajstić information content (AvgIpc) is 2.38. The molecule has 2 heteroatoms. The van der Waals surface area contributed by atoms with E-state index in [2.05, 4.69) is 26.0 Å². The van der Waals surface area contributed by atoms with Crippen molar-refractivity contribution in [3.8, 4) is 5.75 Å². The van der Waals surface area contributed by atoms with Crippen molar-refractivity contribution in [2.75, 3.05) is 13.7 Å². The number of rotatable bonds is 3. The Bertz CT molecular complexity index is 414. The zero-order valence-electron chi connectivity index (χ0n) is 11.8. The summed E-state index contributed by atoms with van der Waals surface area (Å²) in [4.78, 5) is 0. The molecule has 0 amide bonds. The maximum absolute atomic E-state index is 5.96. The molecule has 1 saturated carbocycles. The fourth-order valence-corrected chi connectivity index (χ4v) is 3.45. The third-order valence-electron chi connectivity index (χ3n) is 4.30. The van der Waals surface area contributed by atoms with E-state index in [9.17, 15) is 0 Å². The molecule has 2 unspecified atom stereocenters. The lowest BCUT2D eigenvalue weighted by Gasteiger charge is -2.33. The van der Waals surface area contributed by atoms with E-state index < -0.39 is 0 Å². The third kappa shape index (κ3) is 2.54. The van der Waals surface area contributed by atoms with Crippen molar-refractivity contribution in [1.29, 1.82) is 0 Å². The predicted octanol–water partition coefficient (Wildman–Crippen LogP) is 3.54. The van der Waals surface area contributed by atoms with E-state index in [0.29, 0.717) is 11.8 Å². The monoisotopic (exact) mass is 247 g/mol. The zero-order valence-corrected chi connectivity index (χ0v) is 11.8. The fraction of sp³-hybridized carbons (Fsp3) is 0.625. The molecule has 0 aromatic heterocycles. The molecule has 2 nitrogen and oxygen atoms in total. The lowest BCUT2D eigenvalue weighted by atomic mass is 9.74. The molecule has 2 N–H and O–H groups in total. The van der Waals surface area contributed by atoms with Gasteiger partial charge in [-0.3, -0.25) is 0 Å². The van der Waals surface area contributed by atoms with Crippen LogP contribution in [0.15, 0.2) is 12.1 Å². The molecule has 0 spiro atoms. The second kappa shape index (κ2) is 5.75. The summed E-state index contributed by atoms with van der Waals surface area (Å²) in [7, 11) is 1.78. The minimum Gasteiger partial charge on any atom is -0.496 e. The summed E-state index contributed by atoms with van der Waals surface area (Å²) in [6, 6.07) is 4.42. The number of hydrogen-bond donors (Lipinski definition) is 1. The van der Waals surface area contributed by atoms with Gasteiger partial charge in [-0.15, -0.1) is 0 Å². The molecule has 100 valence electrons. The van der Waals surface area contributed by atoms with Crippen LogP contribution in [0.25, 0.3) is 0 Å². The fourth-order valence-electron chi connectivity index (χ4n) is 3.45. The molecule has 2 rings (SSSR count). The SMILES string of the molecule is COc1cc(C)cc(C)c1C1CCCCC1CN. The number of nitrogens with two attached hydrogens (primary N) is 1. The van der Waals surface area contributed by atoms with Crippen LogP contribution < -0.4 is 10.5 Å². The van der Waals surface area contributed by atoms with Gasteiger partial charge in [0.25, 0.3) is 0 Å². The molecular formula is C16H25NO. The van der Waals surface area contributed by atoms with E-state index in [-0.39, 0.29) is 0 Å². The normalized spacial score (nSPS) is 24.0. The molecule has 1 aromatic carbocycles. The van der Waals surface area contributed by atoms with Crippen molar-refractivity contribution in [2.45, 2.75) is 45.4 Å². The predicted molar refractivity (Wildman–Crippen MR) is 76.2 cm³/mol. The first-order valence-corrected chi connectivity index (χ1v) is 7.02. The van der Waals surface area contributed by atoms with Crippen molar-refractivity contribution in [1.82, 2.24) is 0 Å². The van der Waals surface area contributed by atoms with Gasteiger partial charge in [0.2, 0.25) is 0 Å². The third-order valence-corrected chi connectivity index (χ3v) is 4.30. The van der Waals surface area contributed by atoms with Crippen LogP contribution in [0.4, 0.5) is 0 Å². The summed E-state index contributed by atoms with van der Waals surface area (Å²) in [6.45, 7) is 5.12. The molecule has 1 aromatic rings. The second-order valence-corrected chi connectivity index (χ2v) is 5.58. The van der Waals surface area contributed by atoms with Crippen LogP contribution in [0.3, 0.4) is 0 Å². The summed E-state index contributed by atoms with van der Waals surface area (Å²) >= 11 is 0. The van der Waals surface area contributed by atoms with E-state index in [1.807, 2.05) is 0 Å². The van der Waals surface area contributed by atoms with Gasteiger partial charge in [0.1, 0.15) is 5.75 Å². The number of ether oxygens (including phenoxy) is 1. The van der Waals surface area contributed by atoms with Gasteiger partial charge in [-0.25, -0.2) is 0 Å². The van der Waals surface area contributed by atoms with E-state index in [1.165, 1.54) is 42.4 Å². The highest BCUT2D eigenvalue weighted by atomic mass is 16.5. The standard InChI is InChI=1S/C16H25NO/c1-11-8-12(2)16(15(9-11)18-3)14-7-5-4-6-13(14)10-17/h8-9,13-14H,4-7,10,17H2,1-3H3. The van der Waals surface area contributed by atoms with Crippen molar-refractivity contribution < 1.29 is 4.74 Å². The van der Waals surface area contributed by atoms with Gasteiger partial charge in [0.05, 0.1) is 7.11 Å². The van der Waals surface area contributed by atoms with Gasteiger partial charge in [-0.1, -0.05) is 18.9 Å². The van der Waals surface area contributed by atoms with Crippen molar-refractivity contribution in [2.24, 2.45) is 11.7 Å². The first-order valence-electron chi connectivity index (χ1n) is 7.02. The van der Waals surface area contributed by atoms with E-state index in [1.54, 1.807) is 7.11 Å². The smallest absolute Gasteiger partial charge is 0.122 e. The topological polar surface area (TPSA) is 35.2 Å². The number of benzene rings is 1. The second-order valence-electron chi connectivity index (χ2n) is 5.58. The largest absolute Gasteiger partial charge is 0.496 e. The Labute approximate surface area is 111 Å². The lowest BCUT2D eigenvalue weighted by Crippen LogP contribution is -2.26. The Morgan fingerprint density at radius 3 is 2.61 bits per heavy atom. The molecule has 2 atom stereocenters. The van der Waals surface area contributed by atoms with Crippen LogP contribution in [0.2, 0.25) is 0 Å². The maximum atomic E-state index is 5.96.